The van der Waals surface area contributed by atoms with Crippen LogP contribution in [-0.4, -0.2) is 28.1 Å². The molecule has 1 aliphatic rings. The second-order valence-corrected chi connectivity index (χ2v) is 6.20. The number of rotatable bonds is 4. The summed E-state index contributed by atoms with van der Waals surface area (Å²) in [7, 11) is 0. The van der Waals surface area contributed by atoms with Crippen molar-refractivity contribution in [2.75, 3.05) is 0 Å². The standard InChI is InChI=1S/C19H22N2O3/c1-13-6-7-14(12-18(13)24-15-8-10-20-11-9-15)19(23)21-16-4-2-3-5-17(16)22/h6-12,16-17,22H,2-5H2,1H3,(H,21,23). The van der Waals surface area contributed by atoms with Gasteiger partial charge in [-0.25, -0.2) is 0 Å². The molecular weight excluding hydrogens is 304 g/mol. The minimum atomic E-state index is -0.458. The van der Waals surface area contributed by atoms with Crippen LogP contribution in [0.15, 0.2) is 42.7 Å². The summed E-state index contributed by atoms with van der Waals surface area (Å²) in [5, 5.41) is 13.0. The molecule has 24 heavy (non-hydrogen) atoms. The Kier molecular flexibility index (Phi) is 5.11. The lowest BCUT2D eigenvalue weighted by atomic mass is 9.92. The first-order valence-electron chi connectivity index (χ1n) is 8.31. The molecular formula is C19H22N2O3. The molecule has 2 aromatic rings. The predicted octanol–water partition coefficient (Wildman–Crippen LogP) is 3.22. The second-order valence-electron chi connectivity index (χ2n) is 6.20. The van der Waals surface area contributed by atoms with E-state index in [2.05, 4.69) is 10.3 Å². The lowest BCUT2D eigenvalue weighted by molar-refractivity contribution is 0.0717. The zero-order chi connectivity index (χ0) is 16.9. The normalized spacial score (nSPS) is 20.4. The van der Waals surface area contributed by atoms with Crippen molar-refractivity contribution in [1.29, 1.82) is 0 Å². The summed E-state index contributed by atoms with van der Waals surface area (Å²) in [6.45, 7) is 1.93. The van der Waals surface area contributed by atoms with Gasteiger partial charge >= 0.3 is 0 Å². The molecule has 1 aromatic heterocycles. The average Bonchev–Trinajstić information content (AvgIpc) is 2.60. The molecule has 1 amide bonds. The number of benzene rings is 1. The van der Waals surface area contributed by atoms with E-state index < -0.39 is 6.10 Å². The third-order valence-corrected chi connectivity index (χ3v) is 4.37. The highest BCUT2D eigenvalue weighted by Gasteiger charge is 2.25. The van der Waals surface area contributed by atoms with Crippen molar-refractivity contribution in [2.45, 2.75) is 44.8 Å². The number of hydrogen-bond acceptors (Lipinski definition) is 4. The van der Waals surface area contributed by atoms with E-state index in [1.807, 2.05) is 13.0 Å². The summed E-state index contributed by atoms with van der Waals surface area (Å²) in [6.07, 6.45) is 6.47. The van der Waals surface area contributed by atoms with Crippen molar-refractivity contribution in [1.82, 2.24) is 10.3 Å². The van der Waals surface area contributed by atoms with Crippen molar-refractivity contribution in [3.8, 4) is 11.5 Å². The maximum Gasteiger partial charge on any atom is 0.251 e. The van der Waals surface area contributed by atoms with Crippen LogP contribution in [0.25, 0.3) is 0 Å². The number of hydrogen-bond donors (Lipinski definition) is 2. The van der Waals surface area contributed by atoms with E-state index >= 15 is 0 Å². The Morgan fingerprint density at radius 3 is 2.71 bits per heavy atom. The Labute approximate surface area is 141 Å². The van der Waals surface area contributed by atoms with Gasteiger partial charge in [-0.05, 0) is 49.6 Å². The summed E-state index contributed by atoms with van der Waals surface area (Å²) in [5.74, 6) is 1.13. The van der Waals surface area contributed by atoms with Gasteiger partial charge in [0.15, 0.2) is 0 Å². The van der Waals surface area contributed by atoms with E-state index in [1.165, 1.54) is 0 Å². The lowest BCUT2D eigenvalue weighted by Crippen LogP contribution is -2.45. The van der Waals surface area contributed by atoms with Crippen LogP contribution < -0.4 is 10.1 Å². The molecule has 0 bridgehead atoms. The van der Waals surface area contributed by atoms with Gasteiger partial charge in [0.25, 0.3) is 5.91 Å². The van der Waals surface area contributed by atoms with Crippen LogP contribution in [0.2, 0.25) is 0 Å². The number of carbonyl (C=O) groups is 1. The molecule has 2 N–H and O–H groups in total. The Bertz CT molecular complexity index is 703. The van der Waals surface area contributed by atoms with Crippen LogP contribution in [-0.2, 0) is 0 Å². The van der Waals surface area contributed by atoms with E-state index in [1.54, 1.807) is 36.7 Å². The van der Waals surface area contributed by atoms with Crippen LogP contribution >= 0.6 is 0 Å². The average molecular weight is 326 g/mol. The van der Waals surface area contributed by atoms with E-state index in [4.69, 9.17) is 4.74 Å². The van der Waals surface area contributed by atoms with Gasteiger partial charge in [0.05, 0.1) is 12.1 Å². The predicted molar refractivity (Wildman–Crippen MR) is 91.2 cm³/mol. The summed E-state index contributed by atoms with van der Waals surface area (Å²) in [6, 6.07) is 8.74. The molecule has 1 saturated carbocycles. The highest BCUT2D eigenvalue weighted by molar-refractivity contribution is 5.95. The number of pyridine rings is 1. The quantitative estimate of drug-likeness (QED) is 0.905. The summed E-state index contributed by atoms with van der Waals surface area (Å²) >= 11 is 0. The molecule has 126 valence electrons. The maximum atomic E-state index is 12.5. The molecule has 2 atom stereocenters. The second kappa shape index (κ2) is 7.45. The molecule has 2 unspecified atom stereocenters. The van der Waals surface area contributed by atoms with E-state index in [9.17, 15) is 9.90 Å². The molecule has 5 nitrogen and oxygen atoms in total. The first-order valence-corrected chi connectivity index (χ1v) is 8.31. The zero-order valence-electron chi connectivity index (χ0n) is 13.7. The smallest absolute Gasteiger partial charge is 0.251 e. The fourth-order valence-electron chi connectivity index (χ4n) is 2.92. The first kappa shape index (κ1) is 16.5. The molecule has 1 aliphatic carbocycles. The summed E-state index contributed by atoms with van der Waals surface area (Å²) in [5.41, 5.74) is 1.48. The van der Waals surface area contributed by atoms with Gasteiger partial charge in [0.2, 0.25) is 0 Å². The van der Waals surface area contributed by atoms with E-state index in [0.717, 1.165) is 31.2 Å². The Morgan fingerprint density at radius 1 is 1.21 bits per heavy atom. The third-order valence-electron chi connectivity index (χ3n) is 4.37. The largest absolute Gasteiger partial charge is 0.457 e. The molecule has 0 saturated heterocycles. The van der Waals surface area contributed by atoms with Crippen LogP contribution in [0.5, 0.6) is 11.5 Å². The molecule has 0 spiro atoms. The Morgan fingerprint density at radius 2 is 1.96 bits per heavy atom. The van der Waals surface area contributed by atoms with Gasteiger partial charge in [-0.15, -0.1) is 0 Å². The molecule has 0 aliphatic heterocycles. The number of nitrogens with zero attached hydrogens (tertiary/aromatic N) is 1. The topological polar surface area (TPSA) is 71.5 Å². The zero-order valence-corrected chi connectivity index (χ0v) is 13.7. The maximum absolute atomic E-state index is 12.5. The number of nitrogens with one attached hydrogen (secondary N) is 1. The number of aliphatic hydroxyl groups excluding tert-OH is 1. The van der Waals surface area contributed by atoms with Crippen LogP contribution in [0, 0.1) is 6.92 Å². The van der Waals surface area contributed by atoms with Gasteiger partial charge in [-0.2, -0.15) is 0 Å². The number of carbonyl (C=O) groups excluding carboxylic acids is 1. The minimum absolute atomic E-state index is 0.169. The van der Waals surface area contributed by atoms with E-state index in [-0.39, 0.29) is 11.9 Å². The first-order chi connectivity index (χ1) is 11.6. The highest BCUT2D eigenvalue weighted by atomic mass is 16.5. The number of aliphatic hydroxyl groups is 1. The molecule has 5 heteroatoms. The van der Waals surface area contributed by atoms with Crippen molar-refractivity contribution in [3.63, 3.8) is 0 Å². The van der Waals surface area contributed by atoms with Crippen molar-refractivity contribution in [2.24, 2.45) is 0 Å². The van der Waals surface area contributed by atoms with Gasteiger partial charge in [-0.3, -0.25) is 9.78 Å². The molecule has 1 aromatic carbocycles. The van der Waals surface area contributed by atoms with Gasteiger partial charge < -0.3 is 15.2 Å². The van der Waals surface area contributed by atoms with Crippen LogP contribution in [0.1, 0.15) is 41.6 Å². The fraction of sp³-hybridized carbons (Fsp3) is 0.368. The van der Waals surface area contributed by atoms with Gasteiger partial charge in [-0.1, -0.05) is 18.9 Å². The van der Waals surface area contributed by atoms with Crippen molar-refractivity contribution < 1.29 is 14.6 Å². The fourth-order valence-corrected chi connectivity index (χ4v) is 2.92. The van der Waals surface area contributed by atoms with Crippen LogP contribution in [0.3, 0.4) is 0 Å². The van der Waals surface area contributed by atoms with Gasteiger partial charge in [0.1, 0.15) is 11.5 Å². The Balaban J connectivity index is 1.73. The Hall–Kier alpha value is -2.40. The SMILES string of the molecule is Cc1ccc(C(=O)NC2CCCCC2O)cc1Oc1ccncc1. The van der Waals surface area contributed by atoms with Crippen molar-refractivity contribution >= 4 is 5.91 Å². The molecule has 1 heterocycles. The number of amides is 1. The molecule has 3 rings (SSSR count). The van der Waals surface area contributed by atoms with Crippen LogP contribution in [0.4, 0.5) is 0 Å². The molecule has 1 fully saturated rings. The minimum Gasteiger partial charge on any atom is -0.457 e. The van der Waals surface area contributed by atoms with E-state index in [0.29, 0.717) is 17.1 Å². The monoisotopic (exact) mass is 326 g/mol. The summed E-state index contributed by atoms with van der Waals surface area (Å²) in [4.78, 5) is 16.4. The number of ether oxygens (including phenoxy) is 1. The number of aromatic nitrogens is 1. The number of aryl methyl sites for hydroxylation is 1. The highest BCUT2D eigenvalue weighted by Crippen LogP contribution is 2.26. The molecule has 0 radical (unpaired) electrons. The lowest BCUT2D eigenvalue weighted by Gasteiger charge is -2.28. The third kappa shape index (κ3) is 3.92. The summed E-state index contributed by atoms with van der Waals surface area (Å²) < 4.78 is 5.84. The van der Waals surface area contributed by atoms with Crippen molar-refractivity contribution in [3.05, 3.63) is 53.9 Å². The van der Waals surface area contributed by atoms with Gasteiger partial charge in [0, 0.05) is 18.0 Å².